The van der Waals surface area contributed by atoms with Crippen molar-refractivity contribution in [3.05, 3.63) is 83.2 Å². The first-order valence-electron chi connectivity index (χ1n) is 12.0. The lowest BCUT2D eigenvalue weighted by Crippen LogP contribution is -2.38. The summed E-state index contributed by atoms with van der Waals surface area (Å²) in [6.45, 7) is 9.86. The number of carboxylic acids is 1. The molecule has 0 aliphatic heterocycles. The van der Waals surface area contributed by atoms with Crippen LogP contribution in [-0.4, -0.2) is 33.2 Å². The third-order valence-electron chi connectivity index (χ3n) is 6.15. The van der Waals surface area contributed by atoms with Crippen LogP contribution in [0, 0.1) is 0 Å². The fourth-order valence-electron chi connectivity index (χ4n) is 3.79. The Morgan fingerprint density at radius 1 is 0.892 bits per heavy atom. The first-order valence-corrected chi connectivity index (χ1v) is 12.0. The number of hydrogen-bond donors (Lipinski definition) is 1. The fraction of sp³-hybridized carbons (Fsp3) is 0.393. The summed E-state index contributed by atoms with van der Waals surface area (Å²) >= 11 is 0. The molecule has 0 fully saturated rings. The van der Waals surface area contributed by atoms with Gasteiger partial charge in [-0.2, -0.15) is 13.2 Å². The highest BCUT2D eigenvalue weighted by atomic mass is 19.4. The van der Waals surface area contributed by atoms with E-state index in [0.717, 1.165) is 29.7 Å². The summed E-state index contributed by atoms with van der Waals surface area (Å²) in [5.41, 5.74) is 0.177. The molecule has 1 aromatic heterocycles. The molecule has 1 N–H and O–H groups in total. The molecule has 0 unspecified atom stereocenters. The molecule has 37 heavy (non-hydrogen) atoms. The Labute approximate surface area is 215 Å². The maximum Gasteiger partial charge on any atom is 0.416 e. The Hall–Kier alpha value is -3.62. The van der Waals surface area contributed by atoms with Crippen LogP contribution in [0.15, 0.2) is 60.9 Å². The molecule has 0 spiro atoms. The van der Waals surface area contributed by atoms with E-state index in [1.165, 1.54) is 26.0 Å². The van der Waals surface area contributed by atoms with Gasteiger partial charge in [-0.05, 0) is 61.2 Å². The Morgan fingerprint density at radius 3 is 1.92 bits per heavy atom. The number of aliphatic carboxylic acids is 1. The standard InChI is InChI=1S/C28H32F3N3O3/c1-6-19-15-32-25(33-16-19)34(17-20-7-9-22(10-8-20)28(29,30)31)18-26(2,3)21-11-13-23(14-12-21)37-27(4,5)24(35)36/h7-16H,6,17-18H2,1-5H3,(H,35,36). The lowest BCUT2D eigenvalue weighted by Gasteiger charge is -2.33. The summed E-state index contributed by atoms with van der Waals surface area (Å²) in [6.07, 6.45) is -0.0938. The molecule has 0 radical (unpaired) electrons. The van der Waals surface area contributed by atoms with Gasteiger partial charge in [0.15, 0.2) is 5.60 Å². The molecule has 2 aromatic carbocycles. The summed E-state index contributed by atoms with van der Waals surface area (Å²) in [4.78, 5) is 22.3. The second kappa shape index (κ2) is 10.8. The zero-order valence-electron chi connectivity index (χ0n) is 21.6. The van der Waals surface area contributed by atoms with Gasteiger partial charge in [-0.1, -0.05) is 45.0 Å². The van der Waals surface area contributed by atoms with Crippen molar-refractivity contribution in [3.63, 3.8) is 0 Å². The second-order valence-electron chi connectivity index (χ2n) is 10.1. The first kappa shape index (κ1) is 28.0. The molecule has 0 amide bonds. The van der Waals surface area contributed by atoms with Gasteiger partial charge in [-0.25, -0.2) is 14.8 Å². The van der Waals surface area contributed by atoms with E-state index in [4.69, 9.17) is 4.74 Å². The molecule has 0 saturated carbocycles. The molecular formula is C28H32F3N3O3. The van der Waals surface area contributed by atoms with Gasteiger partial charge in [-0.3, -0.25) is 0 Å². The number of alkyl halides is 3. The van der Waals surface area contributed by atoms with Crippen molar-refractivity contribution in [1.29, 1.82) is 0 Å². The van der Waals surface area contributed by atoms with Crippen LogP contribution in [0.25, 0.3) is 0 Å². The minimum atomic E-state index is -4.39. The van der Waals surface area contributed by atoms with Crippen molar-refractivity contribution < 1.29 is 27.8 Å². The van der Waals surface area contributed by atoms with Gasteiger partial charge in [-0.15, -0.1) is 0 Å². The number of benzene rings is 2. The minimum absolute atomic E-state index is 0.320. The second-order valence-corrected chi connectivity index (χ2v) is 10.1. The quantitative estimate of drug-likeness (QED) is 0.342. The average molecular weight is 516 g/mol. The summed E-state index contributed by atoms with van der Waals surface area (Å²) in [6, 6.07) is 12.3. The van der Waals surface area contributed by atoms with Gasteiger partial charge < -0.3 is 14.7 Å². The Kier molecular flexibility index (Phi) is 8.15. The number of halogens is 3. The van der Waals surface area contributed by atoms with Crippen LogP contribution in [-0.2, 0) is 29.4 Å². The van der Waals surface area contributed by atoms with Crippen LogP contribution in [0.3, 0.4) is 0 Å². The lowest BCUT2D eigenvalue weighted by molar-refractivity contribution is -0.152. The van der Waals surface area contributed by atoms with Crippen LogP contribution >= 0.6 is 0 Å². The number of aromatic nitrogens is 2. The fourth-order valence-corrected chi connectivity index (χ4v) is 3.79. The van der Waals surface area contributed by atoms with E-state index in [1.54, 1.807) is 24.5 Å². The molecule has 0 aliphatic rings. The van der Waals surface area contributed by atoms with Gasteiger partial charge in [0.1, 0.15) is 5.75 Å². The third kappa shape index (κ3) is 7.21. The first-order chi connectivity index (χ1) is 17.2. The van der Waals surface area contributed by atoms with Crippen LogP contribution in [0.5, 0.6) is 5.75 Å². The van der Waals surface area contributed by atoms with Crippen molar-refractivity contribution >= 4 is 11.9 Å². The molecule has 0 saturated heterocycles. The predicted octanol–water partition coefficient (Wildman–Crippen LogP) is 6.28. The van der Waals surface area contributed by atoms with Crippen molar-refractivity contribution in [1.82, 2.24) is 9.97 Å². The molecule has 0 atom stereocenters. The van der Waals surface area contributed by atoms with Crippen molar-refractivity contribution in [2.75, 3.05) is 11.4 Å². The third-order valence-corrected chi connectivity index (χ3v) is 6.15. The number of ether oxygens (including phenoxy) is 1. The summed E-state index contributed by atoms with van der Waals surface area (Å²) in [5.74, 6) is -0.148. The highest BCUT2D eigenvalue weighted by molar-refractivity contribution is 5.76. The summed E-state index contributed by atoms with van der Waals surface area (Å²) in [5, 5.41) is 9.30. The molecule has 9 heteroatoms. The molecule has 3 aromatic rings. The molecule has 1 heterocycles. The van der Waals surface area contributed by atoms with Crippen molar-refractivity contribution in [2.24, 2.45) is 0 Å². The predicted molar refractivity (Wildman–Crippen MR) is 136 cm³/mol. The van der Waals surface area contributed by atoms with E-state index in [9.17, 15) is 23.1 Å². The molecule has 6 nitrogen and oxygen atoms in total. The Morgan fingerprint density at radius 2 is 1.43 bits per heavy atom. The smallest absolute Gasteiger partial charge is 0.416 e. The minimum Gasteiger partial charge on any atom is -0.478 e. The lowest BCUT2D eigenvalue weighted by atomic mass is 9.84. The average Bonchev–Trinajstić information content (AvgIpc) is 2.83. The van der Waals surface area contributed by atoms with E-state index in [1.807, 2.05) is 37.8 Å². The van der Waals surface area contributed by atoms with Gasteiger partial charge >= 0.3 is 12.1 Å². The summed E-state index contributed by atoms with van der Waals surface area (Å²) in [7, 11) is 0. The van der Waals surface area contributed by atoms with Gasteiger partial charge in [0, 0.05) is 30.9 Å². The topological polar surface area (TPSA) is 75.6 Å². The van der Waals surface area contributed by atoms with Crippen LogP contribution in [0.4, 0.5) is 19.1 Å². The normalized spacial score (nSPS) is 12.3. The molecule has 3 rings (SSSR count). The van der Waals surface area contributed by atoms with Crippen LogP contribution in [0.2, 0.25) is 0 Å². The number of carbonyl (C=O) groups is 1. The zero-order valence-corrected chi connectivity index (χ0v) is 21.6. The molecule has 198 valence electrons. The monoisotopic (exact) mass is 515 g/mol. The summed E-state index contributed by atoms with van der Waals surface area (Å²) < 4.78 is 44.7. The van der Waals surface area contributed by atoms with Gasteiger partial charge in [0.05, 0.1) is 5.56 Å². The number of carboxylic acid groups (broad SMARTS) is 1. The van der Waals surface area contributed by atoms with E-state index < -0.39 is 28.7 Å². The SMILES string of the molecule is CCc1cnc(N(Cc2ccc(C(F)(F)F)cc2)CC(C)(C)c2ccc(OC(C)(C)C(=O)O)cc2)nc1. The number of rotatable bonds is 10. The largest absolute Gasteiger partial charge is 0.478 e. The van der Waals surface area contributed by atoms with E-state index in [-0.39, 0.29) is 0 Å². The maximum atomic E-state index is 13.0. The molecule has 0 bridgehead atoms. The number of nitrogens with zero attached hydrogens (tertiary/aromatic N) is 3. The van der Waals surface area contributed by atoms with E-state index in [2.05, 4.69) is 9.97 Å². The van der Waals surface area contributed by atoms with Gasteiger partial charge in [0.2, 0.25) is 5.95 Å². The maximum absolute atomic E-state index is 13.0. The van der Waals surface area contributed by atoms with Crippen molar-refractivity contribution in [2.45, 2.75) is 64.8 Å². The number of hydrogen-bond acceptors (Lipinski definition) is 5. The van der Waals surface area contributed by atoms with Gasteiger partial charge in [0.25, 0.3) is 0 Å². The van der Waals surface area contributed by atoms with E-state index in [0.29, 0.717) is 30.4 Å². The van der Waals surface area contributed by atoms with E-state index >= 15 is 0 Å². The van der Waals surface area contributed by atoms with Crippen LogP contribution in [0.1, 0.15) is 56.9 Å². The highest BCUT2D eigenvalue weighted by Crippen LogP contribution is 2.31. The Bertz CT molecular complexity index is 1190. The van der Waals surface area contributed by atoms with Crippen molar-refractivity contribution in [3.8, 4) is 5.75 Å². The zero-order chi connectivity index (χ0) is 27.4. The number of anilines is 1. The molecular weight excluding hydrogens is 483 g/mol. The number of aryl methyl sites for hydroxylation is 1. The molecule has 0 aliphatic carbocycles. The highest BCUT2D eigenvalue weighted by Gasteiger charge is 2.31. The van der Waals surface area contributed by atoms with Crippen LogP contribution < -0.4 is 9.64 Å². The Balaban J connectivity index is 1.86.